The second kappa shape index (κ2) is 5.76. The molecule has 1 aromatic heterocycles. The molecular formula is C16H16N4O. The third-order valence-corrected chi connectivity index (χ3v) is 3.33. The van der Waals surface area contributed by atoms with Crippen LogP contribution in [0.25, 0.3) is 5.69 Å². The van der Waals surface area contributed by atoms with Gasteiger partial charge < -0.3 is 10.8 Å². The molecule has 5 nitrogen and oxygen atoms in total. The Kier molecular flexibility index (Phi) is 3.66. The van der Waals surface area contributed by atoms with Crippen LogP contribution >= 0.6 is 0 Å². The smallest absolute Gasteiger partial charge is 0.154 e. The maximum atomic E-state index is 9.31. The molecule has 1 heterocycles. The first-order valence-corrected chi connectivity index (χ1v) is 6.73. The predicted molar refractivity (Wildman–Crippen MR) is 80.1 cm³/mol. The number of rotatable bonds is 4. The molecule has 0 saturated heterocycles. The van der Waals surface area contributed by atoms with Gasteiger partial charge in [0.05, 0.1) is 6.04 Å². The average Bonchev–Trinajstić information content (AvgIpc) is 3.00. The van der Waals surface area contributed by atoms with Gasteiger partial charge in [-0.3, -0.25) is 4.57 Å². The molecule has 0 aliphatic heterocycles. The third-order valence-electron chi connectivity index (χ3n) is 3.33. The fourth-order valence-corrected chi connectivity index (χ4v) is 2.26. The van der Waals surface area contributed by atoms with Gasteiger partial charge in [0.2, 0.25) is 0 Å². The van der Waals surface area contributed by atoms with E-state index >= 15 is 0 Å². The molecule has 0 unspecified atom stereocenters. The standard InChI is InChI=1S/C16H16N4O/c17-15(10-12-6-8-14(21)9-7-12)16-19-18-11-20(16)13-4-2-1-3-5-13/h1-9,11,15,21H,10,17H2/t15-/m0/s1. The maximum Gasteiger partial charge on any atom is 0.154 e. The van der Waals surface area contributed by atoms with Crippen LogP contribution < -0.4 is 5.73 Å². The highest BCUT2D eigenvalue weighted by Gasteiger charge is 2.15. The Morgan fingerprint density at radius 3 is 2.48 bits per heavy atom. The van der Waals surface area contributed by atoms with Crippen molar-refractivity contribution in [3.63, 3.8) is 0 Å². The molecule has 0 saturated carbocycles. The van der Waals surface area contributed by atoms with Gasteiger partial charge in [-0.2, -0.15) is 0 Å². The minimum absolute atomic E-state index is 0.250. The van der Waals surface area contributed by atoms with Gasteiger partial charge in [0.15, 0.2) is 5.82 Å². The van der Waals surface area contributed by atoms with Crippen molar-refractivity contribution in [2.75, 3.05) is 0 Å². The summed E-state index contributed by atoms with van der Waals surface area (Å²) in [5, 5.41) is 17.4. The van der Waals surface area contributed by atoms with Crippen molar-refractivity contribution in [2.24, 2.45) is 5.73 Å². The summed E-state index contributed by atoms with van der Waals surface area (Å²) in [4.78, 5) is 0. The van der Waals surface area contributed by atoms with Crippen molar-refractivity contribution in [1.82, 2.24) is 14.8 Å². The van der Waals surface area contributed by atoms with E-state index < -0.39 is 0 Å². The molecule has 5 heteroatoms. The monoisotopic (exact) mass is 280 g/mol. The van der Waals surface area contributed by atoms with Gasteiger partial charge in [0.1, 0.15) is 12.1 Å². The van der Waals surface area contributed by atoms with Crippen molar-refractivity contribution in [3.05, 3.63) is 72.3 Å². The van der Waals surface area contributed by atoms with E-state index in [1.807, 2.05) is 47.0 Å². The van der Waals surface area contributed by atoms with Crippen LogP contribution in [-0.4, -0.2) is 19.9 Å². The fraction of sp³-hybridized carbons (Fsp3) is 0.125. The summed E-state index contributed by atoms with van der Waals surface area (Å²) in [5.41, 5.74) is 8.29. The van der Waals surface area contributed by atoms with Crippen molar-refractivity contribution < 1.29 is 5.11 Å². The van der Waals surface area contributed by atoms with Gasteiger partial charge in [-0.25, -0.2) is 0 Å². The quantitative estimate of drug-likeness (QED) is 0.768. The zero-order valence-electron chi connectivity index (χ0n) is 11.4. The van der Waals surface area contributed by atoms with E-state index in [1.54, 1.807) is 18.5 Å². The molecule has 3 aromatic rings. The highest BCUT2D eigenvalue weighted by molar-refractivity contribution is 5.33. The zero-order valence-corrected chi connectivity index (χ0v) is 11.4. The molecule has 0 amide bonds. The first kappa shape index (κ1) is 13.3. The second-order valence-corrected chi connectivity index (χ2v) is 4.87. The summed E-state index contributed by atoms with van der Waals surface area (Å²) in [6.07, 6.45) is 2.30. The minimum atomic E-state index is -0.266. The molecule has 0 aliphatic carbocycles. The van der Waals surface area contributed by atoms with Crippen LogP contribution in [0, 0.1) is 0 Å². The van der Waals surface area contributed by atoms with Crippen LogP contribution in [0.2, 0.25) is 0 Å². The van der Waals surface area contributed by atoms with E-state index in [2.05, 4.69) is 10.2 Å². The summed E-state index contributed by atoms with van der Waals surface area (Å²) >= 11 is 0. The number of phenols is 1. The van der Waals surface area contributed by atoms with Crippen LogP contribution in [0.1, 0.15) is 17.4 Å². The van der Waals surface area contributed by atoms with E-state index in [4.69, 9.17) is 5.73 Å². The maximum absolute atomic E-state index is 9.31. The second-order valence-electron chi connectivity index (χ2n) is 4.87. The first-order chi connectivity index (χ1) is 10.2. The molecule has 0 radical (unpaired) electrons. The lowest BCUT2D eigenvalue weighted by Gasteiger charge is -2.13. The van der Waals surface area contributed by atoms with Crippen molar-refractivity contribution in [2.45, 2.75) is 12.5 Å². The number of phenolic OH excluding ortho intramolecular Hbond substituents is 1. The molecule has 0 spiro atoms. The van der Waals surface area contributed by atoms with E-state index in [0.29, 0.717) is 12.2 Å². The van der Waals surface area contributed by atoms with E-state index in [-0.39, 0.29) is 11.8 Å². The Balaban J connectivity index is 1.84. The Morgan fingerprint density at radius 1 is 1.05 bits per heavy atom. The van der Waals surface area contributed by atoms with Crippen molar-refractivity contribution in [1.29, 1.82) is 0 Å². The van der Waals surface area contributed by atoms with E-state index in [1.165, 1.54) is 0 Å². The minimum Gasteiger partial charge on any atom is -0.508 e. The largest absolute Gasteiger partial charge is 0.508 e. The zero-order chi connectivity index (χ0) is 14.7. The normalized spacial score (nSPS) is 12.2. The number of para-hydroxylation sites is 1. The lowest BCUT2D eigenvalue weighted by molar-refractivity contribution is 0.475. The summed E-state index contributed by atoms with van der Waals surface area (Å²) in [5.74, 6) is 0.967. The fourth-order valence-electron chi connectivity index (χ4n) is 2.26. The van der Waals surface area contributed by atoms with Gasteiger partial charge in [0.25, 0.3) is 0 Å². The average molecular weight is 280 g/mol. The molecule has 0 fully saturated rings. The van der Waals surface area contributed by atoms with Crippen LogP contribution in [0.5, 0.6) is 5.75 Å². The highest BCUT2D eigenvalue weighted by Crippen LogP contribution is 2.19. The lowest BCUT2D eigenvalue weighted by atomic mass is 10.1. The van der Waals surface area contributed by atoms with Gasteiger partial charge in [-0.05, 0) is 36.2 Å². The highest BCUT2D eigenvalue weighted by atomic mass is 16.3. The van der Waals surface area contributed by atoms with Gasteiger partial charge in [-0.15, -0.1) is 10.2 Å². The number of benzene rings is 2. The summed E-state index contributed by atoms with van der Waals surface area (Å²) < 4.78 is 1.89. The number of nitrogens with zero attached hydrogens (tertiary/aromatic N) is 3. The Labute approximate surface area is 122 Å². The Morgan fingerprint density at radius 2 is 1.76 bits per heavy atom. The van der Waals surface area contributed by atoms with Crippen LogP contribution in [-0.2, 0) is 6.42 Å². The molecule has 0 bridgehead atoms. The van der Waals surface area contributed by atoms with E-state index in [9.17, 15) is 5.11 Å². The van der Waals surface area contributed by atoms with Gasteiger partial charge in [0, 0.05) is 5.69 Å². The molecular weight excluding hydrogens is 264 g/mol. The molecule has 21 heavy (non-hydrogen) atoms. The number of hydrogen-bond donors (Lipinski definition) is 2. The molecule has 1 atom stereocenters. The summed E-state index contributed by atoms with van der Waals surface area (Å²) in [6.45, 7) is 0. The lowest BCUT2D eigenvalue weighted by Crippen LogP contribution is -2.18. The predicted octanol–water partition coefficient (Wildman–Crippen LogP) is 2.22. The molecule has 3 rings (SSSR count). The SMILES string of the molecule is N[C@@H](Cc1ccc(O)cc1)c1nncn1-c1ccccc1. The summed E-state index contributed by atoms with van der Waals surface area (Å²) in [7, 11) is 0. The number of aromatic hydroxyl groups is 1. The topological polar surface area (TPSA) is 77.0 Å². The van der Waals surface area contributed by atoms with Crippen molar-refractivity contribution >= 4 is 0 Å². The molecule has 2 aromatic carbocycles. The number of hydrogen-bond acceptors (Lipinski definition) is 4. The van der Waals surface area contributed by atoms with Crippen molar-refractivity contribution in [3.8, 4) is 11.4 Å². The Hall–Kier alpha value is -2.66. The molecule has 3 N–H and O–H groups in total. The number of nitrogens with two attached hydrogens (primary N) is 1. The molecule has 106 valence electrons. The van der Waals surface area contributed by atoms with Gasteiger partial charge >= 0.3 is 0 Å². The third kappa shape index (κ3) is 2.93. The molecule has 0 aliphatic rings. The number of aromatic nitrogens is 3. The van der Waals surface area contributed by atoms with Gasteiger partial charge in [-0.1, -0.05) is 30.3 Å². The Bertz CT molecular complexity index is 707. The summed E-state index contributed by atoms with van der Waals surface area (Å²) in [6, 6.07) is 16.6. The van der Waals surface area contributed by atoms with Crippen LogP contribution in [0.15, 0.2) is 60.9 Å². The van der Waals surface area contributed by atoms with Crippen LogP contribution in [0.4, 0.5) is 0 Å². The van der Waals surface area contributed by atoms with Crippen LogP contribution in [0.3, 0.4) is 0 Å². The van der Waals surface area contributed by atoms with E-state index in [0.717, 1.165) is 11.3 Å². The first-order valence-electron chi connectivity index (χ1n) is 6.73.